The summed E-state index contributed by atoms with van der Waals surface area (Å²) in [6, 6.07) is 0.324. The van der Waals surface area contributed by atoms with Crippen LogP contribution >= 0.6 is 0 Å². The first-order valence-electron chi connectivity index (χ1n) is 7.33. The lowest BCUT2D eigenvalue weighted by molar-refractivity contribution is 0.0384. The van der Waals surface area contributed by atoms with Crippen LogP contribution in [0.2, 0.25) is 0 Å². The highest BCUT2D eigenvalue weighted by Crippen LogP contribution is 2.42. The summed E-state index contributed by atoms with van der Waals surface area (Å²) >= 11 is 0. The van der Waals surface area contributed by atoms with Gasteiger partial charge in [0.1, 0.15) is 6.10 Å². The van der Waals surface area contributed by atoms with Gasteiger partial charge in [-0.1, -0.05) is 12.1 Å². The molecule has 108 valence electrons. The van der Waals surface area contributed by atoms with Gasteiger partial charge in [0, 0.05) is 12.6 Å². The lowest BCUT2D eigenvalue weighted by Crippen LogP contribution is -2.28. The molecule has 5 nitrogen and oxygen atoms in total. The number of nitrogens with zero attached hydrogens (tertiary/aromatic N) is 2. The van der Waals surface area contributed by atoms with Crippen LogP contribution < -0.4 is 5.32 Å². The van der Waals surface area contributed by atoms with Gasteiger partial charge in [-0.05, 0) is 46.1 Å². The predicted octanol–water partition coefficient (Wildman–Crippen LogP) is 2.66. The molecule has 1 fully saturated rings. The largest absolute Gasteiger partial charge is 0.370 e. The van der Waals surface area contributed by atoms with Crippen LogP contribution in [0.15, 0.2) is 4.52 Å². The summed E-state index contributed by atoms with van der Waals surface area (Å²) in [4.78, 5) is 4.59. The second-order valence-electron chi connectivity index (χ2n) is 5.30. The number of nitrogens with one attached hydrogen (secondary N) is 1. The zero-order chi connectivity index (χ0) is 13.8. The lowest BCUT2D eigenvalue weighted by atomic mass is 9.98. The van der Waals surface area contributed by atoms with Crippen molar-refractivity contribution in [3.8, 4) is 0 Å². The average Bonchev–Trinajstić information content (AvgIpc) is 3.15. The number of hydrogen-bond acceptors (Lipinski definition) is 5. The number of ether oxygens (including phenoxy) is 1. The van der Waals surface area contributed by atoms with E-state index in [1.807, 2.05) is 14.0 Å². The topological polar surface area (TPSA) is 60.2 Å². The number of likely N-dealkylation sites (N-methyl/N-ethyl adjacent to an activating group) is 1. The second-order valence-corrected chi connectivity index (χ2v) is 5.30. The Morgan fingerprint density at radius 3 is 2.68 bits per heavy atom. The summed E-state index contributed by atoms with van der Waals surface area (Å²) in [6.07, 6.45) is 3.41. The molecule has 1 aromatic rings. The Bertz CT molecular complexity index is 373. The van der Waals surface area contributed by atoms with Crippen molar-refractivity contribution in [3.63, 3.8) is 0 Å². The highest BCUT2D eigenvalue weighted by Gasteiger charge is 2.36. The summed E-state index contributed by atoms with van der Waals surface area (Å²) in [5.74, 6) is 2.28. The molecule has 0 aromatic carbocycles. The molecule has 5 heteroatoms. The summed E-state index contributed by atoms with van der Waals surface area (Å²) in [5, 5.41) is 7.40. The Morgan fingerprint density at radius 1 is 1.42 bits per heavy atom. The zero-order valence-electron chi connectivity index (χ0n) is 12.3. The van der Waals surface area contributed by atoms with Crippen LogP contribution in [0.3, 0.4) is 0 Å². The van der Waals surface area contributed by atoms with Gasteiger partial charge >= 0.3 is 0 Å². The molecule has 1 aromatic heterocycles. The van der Waals surface area contributed by atoms with Crippen molar-refractivity contribution in [2.24, 2.45) is 5.92 Å². The van der Waals surface area contributed by atoms with E-state index >= 15 is 0 Å². The molecule has 1 aliphatic rings. The fourth-order valence-electron chi connectivity index (χ4n) is 2.46. The first-order valence-corrected chi connectivity index (χ1v) is 7.33. The SMILES string of the molecule is CCOC(c1noc(C(CC)C(C)NC)n1)C1CC1. The summed E-state index contributed by atoms with van der Waals surface area (Å²) in [7, 11) is 1.96. The normalized spacial score (nSPS) is 20.2. The van der Waals surface area contributed by atoms with Crippen LogP contribution in [0.25, 0.3) is 0 Å². The molecule has 1 saturated carbocycles. The van der Waals surface area contributed by atoms with Crippen molar-refractivity contribution in [2.75, 3.05) is 13.7 Å². The fourth-order valence-corrected chi connectivity index (χ4v) is 2.46. The number of aromatic nitrogens is 2. The fraction of sp³-hybridized carbons (Fsp3) is 0.857. The Morgan fingerprint density at radius 2 is 2.16 bits per heavy atom. The van der Waals surface area contributed by atoms with E-state index < -0.39 is 0 Å². The Balaban J connectivity index is 2.12. The molecule has 0 amide bonds. The smallest absolute Gasteiger partial charge is 0.231 e. The minimum Gasteiger partial charge on any atom is -0.370 e. The van der Waals surface area contributed by atoms with Crippen molar-refractivity contribution in [1.29, 1.82) is 0 Å². The molecule has 2 rings (SSSR count). The molecule has 3 atom stereocenters. The summed E-state index contributed by atoms with van der Waals surface area (Å²) in [5.41, 5.74) is 0. The van der Waals surface area contributed by atoms with Gasteiger partial charge < -0.3 is 14.6 Å². The Labute approximate surface area is 115 Å². The van der Waals surface area contributed by atoms with E-state index in [0.717, 1.165) is 18.1 Å². The average molecular weight is 267 g/mol. The van der Waals surface area contributed by atoms with Crippen molar-refractivity contribution in [2.45, 2.75) is 58.1 Å². The van der Waals surface area contributed by atoms with Gasteiger partial charge in [0.15, 0.2) is 0 Å². The van der Waals surface area contributed by atoms with Crippen LogP contribution in [0.4, 0.5) is 0 Å². The molecule has 1 N–H and O–H groups in total. The Kier molecular flexibility index (Phi) is 4.93. The lowest BCUT2D eigenvalue weighted by Gasteiger charge is -2.18. The third-order valence-electron chi connectivity index (χ3n) is 3.92. The monoisotopic (exact) mass is 267 g/mol. The number of rotatable bonds is 8. The van der Waals surface area contributed by atoms with E-state index in [9.17, 15) is 0 Å². The maximum atomic E-state index is 5.76. The van der Waals surface area contributed by atoms with Gasteiger partial charge in [0.25, 0.3) is 0 Å². The molecule has 1 heterocycles. The molecule has 0 radical (unpaired) electrons. The standard InChI is InChI=1S/C14H25N3O2/c1-5-11(9(3)15-4)14-16-13(17-19-14)12(18-6-2)10-7-8-10/h9-12,15H,5-8H2,1-4H3. The van der Waals surface area contributed by atoms with Gasteiger partial charge in [0.05, 0.1) is 5.92 Å². The molecule has 0 aliphatic heterocycles. The highest BCUT2D eigenvalue weighted by atomic mass is 16.5. The van der Waals surface area contributed by atoms with Crippen LogP contribution in [0.5, 0.6) is 0 Å². The van der Waals surface area contributed by atoms with E-state index in [-0.39, 0.29) is 12.0 Å². The molecule has 0 spiro atoms. The van der Waals surface area contributed by atoms with Crippen molar-refractivity contribution in [3.05, 3.63) is 11.7 Å². The number of hydrogen-bond donors (Lipinski definition) is 1. The van der Waals surface area contributed by atoms with E-state index in [1.165, 1.54) is 12.8 Å². The quantitative estimate of drug-likeness (QED) is 0.784. The predicted molar refractivity (Wildman–Crippen MR) is 72.9 cm³/mol. The van der Waals surface area contributed by atoms with E-state index in [4.69, 9.17) is 9.26 Å². The third kappa shape index (κ3) is 3.34. The first-order chi connectivity index (χ1) is 9.21. The van der Waals surface area contributed by atoms with Crippen LogP contribution in [0.1, 0.15) is 63.8 Å². The van der Waals surface area contributed by atoms with Gasteiger partial charge in [-0.3, -0.25) is 0 Å². The van der Waals surface area contributed by atoms with E-state index in [0.29, 0.717) is 18.6 Å². The van der Waals surface area contributed by atoms with Crippen molar-refractivity contribution in [1.82, 2.24) is 15.5 Å². The highest BCUT2D eigenvalue weighted by molar-refractivity contribution is 5.02. The third-order valence-corrected chi connectivity index (χ3v) is 3.92. The molecule has 0 bridgehead atoms. The van der Waals surface area contributed by atoms with Gasteiger partial charge in [-0.2, -0.15) is 4.98 Å². The van der Waals surface area contributed by atoms with Crippen molar-refractivity contribution >= 4 is 0 Å². The molecule has 0 saturated heterocycles. The van der Waals surface area contributed by atoms with Gasteiger partial charge in [-0.15, -0.1) is 0 Å². The zero-order valence-corrected chi connectivity index (χ0v) is 12.3. The van der Waals surface area contributed by atoms with Gasteiger partial charge in [0.2, 0.25) is 11.7 Å². The Hall–Kier alpha value is -0.940. The first kappa shape index (κ1) is 14.5. The van der Waals surface area contributed by atoms with E-state index in [2.05, 4.69) is 29.3 Å². The van der Waals surface area contributed by atoms with Crippen LogP contribution in [0, 0.1) is 5.92 Å². The summed E-state index contributed by atoms with van der Waals surface area (Å²) < 4.78 is 11.2. The van der Waals surface area contributed by atoms with Crippen LogP contribution in [-0.4, -0.2) is 29.8 Å². The summed E-state index contributed by atoms with van der Waals surface area (Å²) in [6.45, 7) is 6.98. The second kappa shape index (κ2) is 6.48. The van der Waals surface area contributed by atoms with E-state index in [1.54, 1.807) is 0 Å². The molecular formula is C14H25N3O2. The molecule has 1 aliphatic carbocycles. The molecule has 3 unspecified atom stereocenters. The minimum absolute atomic E-state index is 0.0184. The molecule has 19 heavy (non-hydrogen) atoms. The maximum absolute atomic E-state index is 5.76. The minimum atomic E-state index is 0.0184. The van der Waals surface area contributed by atoms with Crippen LogP contribution in [-0.2, 0) is 4.74 Å². The maximum Gasteiger partial charge on any atom is 0.231 e. The molecular weight excluding hydrogens is 242 g/mol. The van der Waals surface area contributed by atoms with Crippen molar-refractivity contribution < 1.29 is 9.26 Å². The van der Waals surface area contributed by atoms with Gasteiger partial charge in [-0.25, -0.2) is 0 Å².